The van der Waals surface area contributed by atoms with Crippen molar-refractivity contribution in [2.75, 3.05) is 44.3 Å². The number of morpholine rings is 1. The third-order valence-corrected chi connectivity index (χ3v) is 3.37. The molecule has 1 aliphatic rings. The number of likely N-dealkylation sites (N-methyl/N-ethyl adjacent to an activating group) is 1. The molecule has 0 spiro atoms. The average Bonchev–Trinajstić information content (AvgIpc) is 2.45. The number of esters is 1. The lowest BCUT2D eigenvalue weighted by atomic mass is 10.1. The van der Waals surface area contributed by atoms with Gasteiger partial charge in [-0.25, -0.2) is 4.79 Å². The van der Waals surface area contributed by atoms with Gasteiger partial charge in [0.1, 0.15) is 12.7 Å². The van der Waals surface area contributed by atoms with Crippen molar-refractivity contribution in [2.45, 2.75) is 13.0 Å². The smallest absolute Gasteiger partial charge is 0.340 e. The van der Waals surface area contributed by atoms with Crippen LogP contribution in [0.15, 0.2) is 18.2 Å². The lowest BCUT2D eigenvalue weighted by Crippen LogP contribution is -2.44. The van der Waals surface area contributed by atoms with E-state index in [1.54, 1.807) is 18.2 Å². The van der Waals surface area contributed by atoms with E-state index in [-0.39, 0.29) is 12.7 Å². The normalized spacial score (nSPS) is 19.8. The van der Waals surface area contributed by atoms with Gasteiger partial charge in [0.05, 0.1) is 12.2 Å². The molecule has 6 heteroatoms. The van der Waals surface area contributed by atoms with Crippen LogP contribution in [0.2, 0.25) is 0 Å². The van der Waals surface area contributed by atoms with Crippen LogP contribution in [0.1, 0.15) is 17.3 Å². The number of hydrogen-bond acceptors (Lipinski definition) is 6. The van der Waals surface area contributed by atoms with E-state index >= 15 is 0 Å². The number of hydrogen-bond donors (Lipinski definition) is 2. The summed E-state index contributed by atoms with van der Waals surface area (Å²) >= 11 is 0. The predicted molar refractivity (Wildman–Crippen MR) is 77.4 cm³/mol. The van der Waals surface area contributed by atoms with E-state index < -0.39 is 5.97 Å². The fourth-order valence-electron chi connectivity index (χ4n) is 2.18. The topological polar surface area (TPSA) is 90.8 Å². The molecule has 6 nitrogen and oxygen atoms in total. The Morgan fingerprint density at radius 1 is 1.50 bits per heavy atom. The molecule has 2 rings (SSSR count). The average molecular weight is 279 g/mol. The standard InChI is InChI=1S/C14H21N3O3/c1-2-17-5-6-19-11(8-17)9-20-14(18)12-4-3-10(15)7-13(12)16/h3-4,7,11H,2,5-6,8-9,15-16H2,1H3. The van der Waals surface area contributed by atoms with E-state index in [4.69, 9.17) is 20.9 Å². The van der Waals surface area contributed by atoms with Crippen molar-refractivity contribution in [3.8, 4) is 0 Å². The van der Waals surface area contributed by atoms with Crippen molar-refractivity contribution in [1.82, 2.24) is 4.90 Å². The van der Waals surface area contributed by atoms with Gasteiger partial charge in [0.25, 0.3) is 0 Å². The Hall–Kier alpha value is -1.79. The minimum atomic E-state index is -0.445. The molecule has 1 fully saturated rings. The van der Waals surface area contributed by atoms with E-state index in [1.165, 1.54) is 0 Å². The summed E-state index contributed by atoms with van der Waals surface area (Å²) in [7, 11) is 0. The maximum Gasteiger partial charge on any atom is 0.340 e. The first-order chi connectivity index (χ1) is 9.60. The molecular weight excluding hydrogens is 258 g/mol. The number of rotatable bonds is 4. The Morgan fingerprint density at radius 3 is 3.00 bits per heavy atom. The van der Waals surface area contributed by atoms with Gasteiger partial charge in [-0.2, -0.15) is 0 Å². The number of anilines is 2. The highest BCUT2D eigenvalue weighted by Gasteiger charge is 2.21. The number of nitrogens with two attached hydrogens (primary N) is 2. The lowest BCUT2D eigenvalue weighted by molar-refractivity contribution is -0.0578. The maximum absolute atomic E-state index is 12.0. The molecule has 1 heterocycles. The Morgan fingerprint density at radius 2 is 2.30 bits per heavy atom. The Kier molecular flexibility index (Phi) is 4.81. The van der Waals surface area contributed by atoms with Crippen LogP contribution in [0.4, 0.5) is 11.4 Å². The molecule has 1 aliphatic heterocycles. The van der Waals surface area contributed by atoms with Gasteiger partial charge in [-0.3, -0.25) is 4.90 Å². The summed E-state index contributed by atoms with van der Waals surface area (Å²) in [6.45, 7) is 5.67. The first-order valence-electron chi connectivity index (χ1n) is 6.76. The summed E-state index contributed by atoms with van der Waals surface area (Å²) in [6.07, 6.45) is -0.0809. The summed E-state index contributed by atoms with van der Waals surface area (Å²) in [6, 6.07) is 4.75. The molecule has 0 aliphatic carbocycles. The summed E-state index contributed by atoms with van der Waals surface area (Å²) in [5.41, 5.74) is 12.5. The van der Waals surface area contributed by atoms with Crippen LogP contribution in [-0.4, -0.2) is 49.8 Å². The van der Waals surface area contributed by atoms with E-state index in [9.17, 15) is 4.79 Å². The van der Waals surface area contributed by atoms with E-state index in [0.29, 0.717) is 23.5 Å². The summed E-state index contributed by atoms with van der Waals surface area (Å²) in [4.78, 5) is 14.2. The number of nitrogens with zero attached hydrogens (tertiary/aromatic N) is 1. The molecule has 1 aromatic rings. The zero-order valence-electron chi connectivity index (χ0n) is 11.7. The van der Waals surface area contributed by atoms with Crippen molar-refractivity contribution < 1.29 is 14.3 Å². The highest BCUT2D eigenvalue weighted by molar-refractivity contribution is 5.95. The van der Waals surface area contributed by atoms with Crippen LogP contribution >= 0.6 is 0 Å². The molecular formula is C14H21N3O3. The molecule has 0 radical (unpaired) electrons. The zero-order chi connectivity index (χ0) is 14.5. The van der Waals surface area contributed by atoms with Crippen LogP contribution in [0, 0.1) is 0 Å². The van der Waals surface area contributed by atoms with E-state index in [2.05, 4.69) is 11.8 Å². The predicted octanol–water partition coefficient (Wildman–Crippen LogP) is 0.728. The number of nitrogen functional groups attached to an aromatic ring is 2. The number of benzene rings is 1. The summed E-state index contributed by atoms with van der Waals surface area (Å²) < 4.78 is 10.8. The highest BCUT2D eigenvalue weighted by Crippen LogP contribution is 2.17. The van der Waals surface area contributed by atoms with Crippen molar-refractivity contribution >= 4 is 17.3 Å². The maximum atomic E-state index is 12.0. The van der Waals surface area contributed by atoms with Gasteiger partial charge in [-0.15, -0.1) is 0 Å². The van der Waals surface area contributed by atoms with Gasteiger partial charge >= 0.3 is 5.97 Å². The summed E-state index contributed by atoms with van der Waals surface area (Å²) in [5, 5.41) is 0. The Labute approximate surface area is 118 Å². The van der Waals surface area contributed by atoms with Crippen molar-refractivity contribution in [3.05, 3.63) is 23.8 Å². The molecule has 0 saturated carbocycles. The fraction of sp³-hybridized carbons (Fsp3) is 0.500. The largest absolute Gasteiger partial charge is 0.459 e. The number of carbonyl (C=O) groups is 1. The SMILES string of the molecule is CCN1CCOC(COC(=O)c2ccc(N)cc2N)C1. The Balaban J connectivity index is 1.88. The molecule has 1 unspecified atom stereocenters. The molecule has 1 saturated heterocycles. The van der Waals surface area contributed by atoms with E-state index in [0.717, 1.165) is 19.6 Å². The molecule has 0 amide bonds. The lowest BCUT2D eigenvalue weighted by Gasteiger charge is -2.31. The molecule has 4 N–H and O–H groups in total. The third kappa shape index (κ3) is 3.61. The van der Waals surface area contributed by atoms with Crippen molar-refractivity contribution in [2.24, 2.45) is 0 Å². The minimum Gasteiger partial charge on any atom is -0.459 e. The van der Waals surface area contributed by atoms with Crippen molar-refractivity contribution in [3.63, 3.8) is 0 Å². The molecule has 110 valence electrons. The first-order valence-corrected chi connectivity index (χ1v) is 6.76. The second kappa shape index (κ2) is 6.58. The van der Waals surface area contributed by atoms with Crippen LogP contribution in [0.5, 0.6) is 0 Å². The first kappa shape index (κ1) is 14.6. The van der Waals surface area contributed by atoms with Gasteiger partial charge < -0.3 is 20.9 Å². The number of ether oxygens (including phenoxy) is 2. The fourth-order valence-corrected chi connectivity index (χ4v) is 2.18. The highest BCUT2D eigenvalue weighted by atomic mass is 16.6. The van der Waals surface area contributed by atoms with Crippen LogP contribution in [0.25, 0.3) is 0 Å². The third-order valence-electron chi connectivity index (χ3n) is 3.37. The van der Waals surface area contributed by atoms with Crippen molar-refractivity contribution in [1.29, 1.82) is 0 Å². The van der Waals surface area contributed by atoms with Crippen LogP contribution in [0.3, 0.4) is 0 Å². The van der Waals surface area contributed by atoms with Gasteiger partial charge in [0.15, 0.2) is 0 Å². The zero-order valence-corrected chi connectivity index (χ0v) is 11.7. The van der Waals surface area contributed by atoms with E-state index in [1.807, 2.05) is 0 Å². The van der Waals surface area contributed by atoms with Gasteiger partial charge in [-0.05, 0) is 24.7 Å². The van der Waals surface area contributed by atoms with Gasteiger partial charge in [0.2, 0.25) is 0 Å². The molecule has 1 aromatic carbocycles. The molecule has 0 bridgehead atoms. The van der Waals surface area contributed by atoms with Gasteiger partial charge in [0, 0.05) is 24.5 Å². The minimum absolute atomic E-state index is 0.0809. The molecule has 0 aromatic heterocycles. The van der Waals surface area contributed by atoms with Crippen LogP contribution in [-0.2, 0) is 9.47 Å². The molecule has 1 atom stereocenters. The second-order valence-corrected chi connectivity index (χ2v) is 4.83. The second-order valence-electron chi connectivity index (χ2n) is 4.83. The summed E-state index contributed by atoms with van der Waals surface area (Å²) in [5.74, 6) is -0.445. The molecule has 20 heavy (non-hydrogen) atoms. The Bertz CT molecular complexity index is 479. The number of carbonyl (C=O) groups excluding carboxylic acids is 1. The monoisotopic (exact) mass is 279 g/mol. The van der Waals surface area contributed by atoms with Crippen LogP contribution < -0.4 is 11.5 Å². The quantitative estimate of drug-likeness (QED) is 0.623. The van der Waals surface area contributed by atoms with Gasteiger partial charge in [-0.1, -0.05) is 6.92 Å².